The lowest BCUT2D eigenvalue weighted by atomic mass is 9.85. The van der Waals surface area contributed by atoms with Gasteiger partial charge in [-0.15, -0.1) is 0 Å². The largest absolute Gasteiger partial charge is 0.481 e. The molecule has 0 bridgehead atoms. The van der Waals surface area contributed by atoms with Crippen LogP contribution in [0.1, 0.15) is 41.6 Å². The smallest absolute Gasteiger partial charge is 0.306 e. The Balaban J connectivity index is 2.16. The number of amides is 1. The minimum atomic E-state index is -0.760. The Hall–Kier alpha value is -2.11. The highest BCUT2D eigenvalue weighted by Crippen LogP contribution is 2.27. The summed E-state index contributed by atoms with van der Waals surface area (Å²) in [4.78, 5) is 26.7. The molecule has 0 radical (unpaired) electrons. The second-order valence-electron chi connectivity index (χ2n) is 5.26. The number of carboxylic acids is 1. The fourth-order valence-electron chi connectivity index (χ4n) is 2.72. The molecule has 6 heteroatoms. The van der Waals surface area contributed by atoms with Gasteiger partial charge in [0.2, 0.25) is 0 Å². The van der Waals surface area contributed by atoms with E-state index in [-0.39, 0.29) is 12.0 Å². The van der Waals surface area contributed by atoms with E-state index in [2.05, 4.69) is 10.3 Å². The number of nitrogens with zero attached hydrogens (tertiary/aromatic N) is 1. The van der Waals surface area contributed by atoms with Gasteiger partial charge in [0.25, 0.3) is 5.91 Å². The number of hydrogen-bond donors (Lipinski definition) is 3. The van der Waals surface area contributed by atoms with Gasteiger partial charge in [-0.1, -0.05) is 6.42 Å². The Bertz CT molecular complexity index is 530. The number of carbonyl (C=O) groups is 2. The summed E-state index contributed by atoms with van der Waals surface area (Å²) in [7, 11) is 0. The molecule has 2 unspecified atom stereocenters. The maximum Gasteiger partial charge on any atom is 0.306 e. The molecule has 0 aliphatic heterocycles. The standard InChI is InChI=1S/C14H19N3O3/c1-8-5-6-16-13(11(8)12(15)18)17-10-4-2-3-9(7-10)14(19)20/h5-6,9-10H,2-4,7H2,1H3,(H2,15,18)(H,16,17)(H,19,20). The summed E-state index contributed by atoms with van der Waals surface area (Å²) in [5, 5.41) is 12.3. The number of pyridine rings is 1. The van der Waals surface area contributed by atoms with Crippen LogP contribution in [-0.2, 0) is 4.79 Å². The molecular formula is C14H19N3O3. The highest BCUT2D eigenvalue weighted by Gasteiger charge is 2.27. The quantitative estimate of drug-likeness (QED) is 0.774. The lowest BCUT2D eigenvalue weighted by molar-refractivity contribution is -0.142. The van der Waals surface area contributed by atoms with Gasteiger partial charge in [0.15, 0.2) is 0 Å². The Kier molecular flexibility index (Phi) is 4.22. The first-order chi connectivity index (χ1) is 9.49. The van der Waals surface area contributed by atoms with Crippen molar-refractivity contribution in [3.63, 3.8) is 0 Å². The van der Waals surface area contributed by atoms with Gasteiger partial charge in [0.05, 0.1) is 11.5 Å². The predicted octanol–water partition coefficient (Wildman–Crippen LogP) is 1.54. The second-order valence-corrected chi connectivity index (χ2v) is 5.26. The van der Waals surface area contributed by atoms with E-state index in [4.69, 9.17) is 10.8 Å². The van der Waals surface area contributed by atoms with Gasteiger partial charge in [0, 0.05) is 12.2 Å². The second kappa shape index (κ2) is 5.90. The van der Waals surface area contributed by atoms with Crippen LogP contribution in [0.5, 0.6) is 0 Å². The predicted molar refractivity (Wildman–Crippen MR) is 74.5 cm³/mol. The normalized spacial score (nSPS) is 22.2. The van der Waals surface area contributed by atoms with Crippen molar-refractivity contribution in [1.29, 1.82) is 0 Å². The van der Waals surface area contributed by atoms with Crippen molar-refractivity contribution in [3.05, 3.63) is 23.4 Å². The minimum absolute atomic E-state index is 0.0113. The topological polar surface area (TPSA) is 105 Å². The summed E-state index contributed by atoms with van der Waals surface area (Å²) in [5.41, 5.74) is 6.53. The molecule has 1 heterocycles. The Morgan fingerprint density at radius 2 is 2.20 bits per heavy atom. The van der Waals surface area contributed by atoms with Crippen LogP contribution in [0.3, 0.4) is 0 Å². The van der Waals surface area contributed by atoms with Crippen molar-refractivity contribution < 1.29 is 14.7 Å². The lowest BCUT2D eigenvalue weighted by Crippen LogP contribution is -2.32. The van der Waals surface area contributed by atoms with Crippen LogP contribution in [0, 0.1) is 12.8 Å². The molecule has 0 spiro atoms. The number of rotatable bonds is 4. The number of nitrogens with two attached hydrogens (primary N) is 1. The number of aryl methyl sites for hydroxylation is 1. The van der Waals surface area contributed by atoms with Gasteiger partial charge < -0.3 is 16.2 Å². The van der Waals surface area contributed by atoms with E-state index in [0.717, 1.165) is 18.4 Å². The molecule has 2 atom stereocenters. The van der Waals surface area contributed by atoms with Crippen molar-refractivity contribution in [2.45, 2.75) is 38.6 Å². The van der Waals surface area contributed by atoms with Crippen LogP contribution < -0.4 is 11.1 Å². The van der Waals surface area contributed by atoms with Gasteiger partial charge >= 0.3 is 5.97 Å². The zero-order chi connectivity index (χ0) is 14.7. The van der Waals surface area contributed by atoms with Gasteiger partial charge in [-0.2, -0.15) is 0 Å². The number of carbonyl (C=O) groups excluding carboxylic acids is 1. The number of aromatic nitrogens is 1. The van der Waals surface area contributed by atoms with Gasteiger partial charge in [-0.3, -0.25) is 9.59 Å². The van der Waals surface area contributed by atoms with Crippen LogP contribution >= 0.6 is 0 Å². The molecule has 1 fully saturated rings. The molecular weight excluding hydrogens is 258 g/mol. The number of aliphatic carboxylic acids is 1. The van der Waals surface area contributed by atoms with Crippen molar-refractivity contribution in [2.75, 3.05) is 5.32 Å². The van der Waals surface area contributed by atoms with Crippen LogP contribution in [0.4, 0.5) is 5.82 Å². The number of carboxylic acid groups (broad SMARTS) is 1. The van der Waals surface area contributed by atoms with Crippen molar-refractivity contribution >= 4 is 17.7 Å². The number of anilines is 1. The van der Waals surface area contributed by atoms with Gasteiger partial charge in [-0.05, 0) is 37.8 Å². The third kappa shape index (κ3) is 3.07. The average Bonchev–Trinajstić information content (AvgIpc) is 2.38. The number of nitrogens with one attached hydrogen (secondary N) is 1. The highest BCUT2D eigenvalue weighted by atomic mass is 16.4. The molecule has 20 heavy (non-hydrogen) atoms. The Labute approximate surface area is 117 Å². The molecule has 1 amide bonds. The first-order valence-corrected chi connectivity index (χ1v) is 6.73. The van der Waals surface area contributed by atoms with Crippen LogP contribution in [0.15, 0.2) is 12.3 Å². The molecule has 4 N–H and O–H groups in total. The van der Waals surface area contributed by atoms with Gasteiger partial charge in [0.1, 0.15) is 5.82 Å². The summed E-state index contributed by atoms with van der Waals surface area (Å²) < 4.78 is 0. The summed E-state index contributed by atoms with van der Waals surface area (Å²) in [6.07, 6.45) is 4.59. The van der Waals surface area contributed by atoms with E-state index in [1.807, 2.05) is 0 Å². The molecule has 6 nitrogen and oxygen atoms in total. The molecule has 0 saturated heterocycles. The fraction of sp³-hybridized carbons (Fsp3) is 0.500. The molecule has 1 aromatic heterocycles. The molecule has 1 saturated carbocycles. The molecule has 1 aliphatic rings. The maximum absolute atomic E-state index is 11.5. The van der Waals surface area contributed by atoms with Crippen molar-refractivity contribution in [3.8, 4) is 0 Å². The molecule has 108 valence electrons. The monoisotopic (exact) mass is 277 g/mol. The number of hydrogen-bond acceptors (Lipinski definition) is 4. The summed E-state index contributed by atoms with van der Waals surface area (Å²) >= 11 is 0. The third-order valence-corrected chi connectivity index (χ3v) is 3.77. The van der Waals surface area contributed by atoms with E-state index < -0.39 is 11.9 Å². The van der Waals surface area contributed by atoms with E-state index in [1.165, 1.54) is 0 Å². The minimum Gasteiger partial charge on any atom is -0.481 e. The zero-order valence-corrected chi connectivity index (χ0v) is 11.4. The highest BCUT2D eigenvalue weighted by molar-refractivity contribution is 5.99. The van der Waals surface area contributed by atoms with Crippen molar-refractivity contribution in [2.24, 2.45) is 11.7 Å². The lowest BCUT2D eigenvalue weighted by Gasteiger charge is -2.28. The Morgan fingerprint density at radius 3 is 2.85 bits per heavy atom. The molecule has 1 aromatic rings. The average molecular weight is 277 g/mol. The first kappa shape index (κ1) is 14.3. The zero-order valence-electron chi connectivity index (χ0n) is 11.4. The molecule has 2 rings (SSSR count). The number of primary amides is 1. The van der Waals surface area contributed by atoms with E-state index >= 15 is 0 Å². The maximum atomic E-state index is 11.5. The van der Waals surface area contributed by atoms with Crippen LogP contribution in [0.2, 0.25) is 0 Å². The van der Waals surface area contributed by atoms with Crippen LogP contribution in [0.25, 0.3) is 0 Å². The van der Waals surface area contributed by atoms with Crippen LogP contribution in [-0.4, -0.2) is 28.0 Å². The van der Waals surface area contributed by atoms with E-state index in [0.29, 0.717) is 24.2 Å². The summed E-state index contributed by atoms with van der Waals surface area (Å²) in [6, 6.07) is 1.74. The van der Waals surface area contributed by atoms with E-state index in [1.54, 1.807) is 19.2 Å². The van der Waals surface area contributed by atoms with Gasteiger partial charge in [-0.25, -0.2) is 4.98 Å². The first-order valence-electron chi connectivity index (χ1n) is 6.73. The molecule has 0 aromatic carbocycles. The van der Waals surface area contributed by atoms with E-state index in [9.17, 15) is 9.59 Å². The molecule has 1 aliphatic carbocycles. The van der Waals surface area contributed by atoms with Crippen molar-refractivity contribution in [1.82, 2.24) is 4.98 Å². The third-order valence-electron chi connectivity index (χ3n) is 3.77. The SMILES string of the molecule is Cc1ccnc(NC2CCCC(C(=O)O)C2)c1C(N)=O. The fourth-order valence-corrected chi connectivity index (χ4v) is 2.72. The summed E-state index contributed by atoms with van der Waals surface area (Å²) in [6.45, 7) is 1.80. The Morgan fingerprint density at radius 1 is 1.45 bits per heavy atom. The summed E-state index contributed by atoms with van der Waals surface area (Å²) in [5.74, 6) is -1.16.